The molecule has 0 amide bonds. The second-order valence-corrected chi connectivity index (χ2v) is 8.15. The van der Waals surface area contributed by atoms with Crippen molar-refractivity contribution < 1.29 is 13.2 Å². The van der Waals surface area contributed by atoms with Crippen molar-refractivity contribution >= 4 is 10.2 Å². The van der Waals surface area contributed by atoms with Crippen LogP contribution < -0.4 is 5.73 Å². The molecule has 2 N–H and O–H groups in total. The minimum absolute atomic E-state index is 0.400. The van der Waals surface area contributed by atoms with E-state index in [0.717, 1.165) is 25.7 Å². The Kier molecular flexibility index (Phi) is 5.65. The average molecular weight is 319 g/mol. The highest BCUT2D eigenvalue weighted by Gasteiger charge is 2.45. The van der Waals surface area contributed by atoms with Crippen molar-refractivity contribution in [2.75, 3.05) is 39.4 Å². The van der Waals surface area contributed by atoms with E-state index >= 15 is 0 Å². The van der Waals surface area contributed by atoms with Crippen LogP contribution in [0.1, 0.15) is 39.5 Å². The first-order valence-corrected chi connectivity index (χ1v) is 9.41. The van der Waals surface area contributed by atoms with Crippen LogP contribution in [-0.2, 0) is 14.9 Å². The summed E-state index contributed by atoms with van der Waals surface area (Å²) in [6.07, 6.45) is 3.82. The van der Waals surface area contributed by atoms with Gasteiger partial charge in [0.05, 0.1) is 13.2 Å². The molecule has 0 radical (unpaired) electrons. The van der Waals surface area contributed by atoms with Gasteiger partial charge < -0.3 is 10.5 Å². The Morgan fingerprint density at radius 1 is 1.29 bits per heavy atom. The van der Waals surface area contributed by atoms with E-state index in [9.17, 15) is 8.42 Å². The molecule has 1 heterocycles. The third-order valence-electron chi connectivity index (χ3n) is 4.98. The minimum Gasteiger partial charge on any atom is -0.379 e. The van der Waals surface area contributed by atoms with E-state index in [1.165, 1.54) is 0 Å². The second kappa shape index (κ2) is 6.91. The summed E-state index contributed by atoms with van der Waals surface area (Å²) in [6, 6.07) is 0. The zero-order valence-corrected chi connectivity index (χ0v) is 14.1. The van der Waals surface area contributed by atoms with Gasteiger partial charge in [0, 0.05) is 31.7 Å². The molecule has 124 valence electrons. The van der Waals surface area contributed by atoms with E-state index in [2.05, 4.69) is 6.92 Å². The van der Waals surface area contributed by atoms with Gasteiger partial charge in [-0.2, -0.15) is 17.0 Å². The van der Waals surface area contributed by atoms with E-state index < -0.39 is 15.7 Å². The number of morpholine rings is 1. The van der Waals surface area contributed by atoms with Crippen molar-refractivity contribution in [2.45, 2.75) is 45.1 Å². The van der Waals surface area contributed by atoms with Gasteiger partial charge in [-0.3, -0.25) is 0 Å². The molecular formula is C14H29N3O3S. The fraction of sp³-hybridized carbons (Fsp3) is 1.00. The SMILES string of the molecule is CCN(C1(CN)CCC(C)CC1)S(=O)(=O)N1CCOCC1. The quantitative estimate of drug-likeness (QED) is 0.813. The predicted octanol–water partition coefficient (Wildman–Crippen LogP) is 0.793. The first kappa shape index (κ1) is 17.1. The number of hydrogen-bond acceptors (Lipinski definition) is 4. The number of nitrogens with two attached hydrogens (primary N) is 1. The average Bonchev–Trinajstić information content (AvgIpc) is 2.51. The van der Waals surface area contributed by atoms with Crippen molar-refractivity contribution in [3.05, 3.63) is 0 Å². The first-order chi connectivity index (χ1) is 9.96. The van der Waals surface area contributed by atoms with Gasteiger partial charge in [-0.05, 0) is 31.6 Å². The maximum atomic E-state index is 13.0. The van der Waals surface area contributed by atoms with Crippen LogP contribution in [0.3, 0.4) is 0 Å². The molecular weight excluding hydrogens is 290 g/mol. The lowest BCUT2D eigenvalue weighted by molar-refractivity contribution is 0.0614. The largest absolute Gasteiger partial charge is 0.379 e. The molecule has 1 aliphatic carbocycles. The maximum absolute atomic E-state index is 13.0. The number of hydrogen-bond donors (Lipinski definition) is 1. The van der Waals surface area contributed by atoms with Crippen LogP contribution in [0.15, 0.2) is 0 Å². The van der Waals surface area contributed by atoms with Crippen molar-refractivity contribution in [3.63, 3.8) is 0 Å². The fourth-order valence-corrected chi connectivity index (χ4v) is 5.48. The summed E-state index contributed by atoms with van der Waals surface area (Å²) in [5.41, 5.74) is 5.63. The summed E-state index contributed by atoms with van der Waals surface area (Å²) in [5, 5.41) is 0. The molecule has 7 heteroatoms. The number of rotatable bonds is 5. The van der Waals surface area contributed by atoms with Gasteiger partial charge in [-0.15, -0.1) is 0 Å². The van der Waals surface area contributed by atoms with E-state index in [1.54, 1.807) is 8.61 Å². The maximum Gasteiger partial charge on any atom is 0.282 e. The molecule has 1 saturated heterocycles. The molecule has 0 atom stereocenters. The molecule has 2 aliphatic rings. The Morgan fingerprint density at radius 3 is 2.33 bits per heavy atom. The summed E-state index contributed by atoms with van der Waals surface area (Å²) < 4.78 is 34.5. The van der Waals surface area contributed by atoms with E-state index in [-0.39, 0.29) is 0 Å². The van der Waals surface area contributed by atoms with Gasteiger partial charge in [0.2, 0.25) is 0 Å². The highest BCUT2D eigenvalue weighted by molar-refractivity contribution is 7.86. The molecule has 21 heavy (non-hydrogen) atoms. The van der Waals surface area contributed by atoms with Crippen LogP contribution in [-0.4, -0.2) is 62.0 Å². The lowest BCUT2D eigenvalue weighted by Crippen LogP contribution is -2.61. The molecule has 0 aromatic rings. The number of nitrogens with zero attached hydrogens (tertiary/aromatic N) is 2. The van der Waals surface area contributed by atoms with Gasteiger partial charge >= 0.3 is 0 Å². The molecule has 0 unspecified atom stereocenters. The Hall–Kier alpha value is -0.210. The Morgan fingerprint density at radius 2 is 1.86 bits per heavy atom. The van der Waals surface area contributed by atoms with Crippen molar-refractivity contribution in [1.82, 2.24) is 8.61 Å². The third-order valence-corrected chi connectivity index (χ3v) is 7.20. The lowest BCUT2D eigenvalue weighted by atomic mass is 9.77. The predicted molar refractivity (Wildman–Crippen MR) is 83.1 cm³/mol. The van der Waals surface area contributed by atoms with Gasteiger partial charge in [0.25, 0.3) is 10.2 Å². The first-order valence-electron chi connectivity index (χ1n) is 8.02. The standard InChI is InChI=1S/C14H29N3O3S/c1-3-17(14(12-15)6-4-13(2)5-7-14)21(18,19)16-8-10-20-11-9-16/h13H,3-12,15H2,1-2H3. The van der Waals surface area contributed by atoms with Gasteiger partial charge in [-0.1, -0.05) is 13.8 Å². The van der Waals surface area contributed by atoms with E-state index in [0.29, 0.717) is 45.3 Å². The smallest absolute Gasteiger partial charge is 0.282 e. The number of ether oxygens (including phenoxy) is 1. The Labute approximate surface area is 128 Å². The van der Waals surface area contributed by atoms with Crippen LogP contribution in [0, 0.1) is 5.92 Å². The molecule has 2 fully saturated rings. The summed E-state index contributed by atoms with van der Waals surface area (Å²) >= 11 is 0. The van der Waals surface area contributed by atoms with Gasteiger partial charge in [-0.25, -0.2) is 0 Å². The molecule has 1 saturated carbocycles. The molecule has 0 bridgehead atoms. The minimum atomic E-state index is -3.46. The normalized spacial score (nSPS) is 32.5. The summed E-state index contributed by atoms with van der Waals surface area (Å²) in [5.74, 6) is 0.662. The fourth-order valence-electron chi connectivity index (χ4n) is 3.51. The zero-order valence-electron chi connectivity index (χ0n) is 13.3. The van der Waals surface area contributed by atoms with Gasteiger partial charge in [0.1, 0.15) is 0 Å². The molecule has 2 rings (SSSR count). The van der Waals surface area contributed by atoms with Crippen molar-refractivity contribution in [3.8, 4) is 0 Å². The summed E-state index contributed by atoms with van der Waals surface area (Å²) in [7, 11) is -3.46. The van der Waals surface area contributed by atoms with E-state index in [1.807, 2.05) is 6.92 Å². The molecule has 6 nitrogen and oxygen atoms in total. The molecule has 0 aromatic carbocycles. The summed E-state index contributed by atoms with van der Waals surface area (Å²) in [6.45, 7) is 6.85. The summed E-state index contributed by atoms with van der Waals surface area (Å²) in [4.78, 5) is 0. The van der Waals surface area contributed by atoms with Crippen LogP contribution in [0.4, 0.5) is 0 Å². The zero-order chi connectivity index (χ0) is 15.5. The highest BCUT2D eigenvalue weighted by Crippen LogP contribution is 2.37. The highest BCUT2D eigenvalue weighted by atomic mass is 32.2. The monoisotopic (exact) mass is 319 g/mol. The third kappa shape index (κ3) is 3.42. The Balaban J connectivity index is 2.23. The van der Waals surface area contributed by atoms with Crippen molar-refractivity contribution in [1.29, 1.82) is 0 Å². The topological polar surface area (TPSA) is 75.9 Å². The lowest BCUT2D eigenvalue weighted by Gasteiger charge is -2.47. The second-order valence-electron chi connectivity index (χ2n) is 6.29. The molecule has 1 aliphatic heterocycles. The molecule has 0 spiro atoms. The van der Waals surface area contributed by atoms with Crippen LogP contribution >= 0.6 is 0 Å². The van der Waals surface area contributed by atoms with E-state index in [4.69, 9.17) is 10.5 Å². The van der Waals surface area contributed by atoms with Gasteiger partial charge in [0.15, 0.2) is 0 Å². The van der Waals surface area contributed by atoms with Crippen LogP contribution in [0.2, 0.25) is 0 Å². The van der Waals surface area contributed by atoms with Crippen LogP contribution in [0.5, 0.6) is 0 Å². The molecule has 0 aromatic heterocycles. The van der Waals surface area contributed by atoms with Crippen LogP contribution in [0.25, 0.3) is 0 Å². The Bertz CT molecular complexity index is 427. The number of likely N-dealkylation sites (N-methyl/N-ethyl adjacent to an activating group) is 1. The van der Waals surface area contributed by atoms with Crippen molar-refractivity contribution in [2.24, 2.45) is 11.7 Å².